The van der Waals surface area contributed by atoms with Gasteiger partial charge in [-0.1, -0.05) is 46.3 Å². The Hall–Kier alpha value is -4.50. The molecule has 3 aromatic carbocycles. The van der Waals surface area contributed by atoms with Gasteiger partial charge in [-0.25, -0.2) is 10.2 Å². The Morgan fingerprint density at radius 1 is 0.886 bits per heavy atom. The van der Waals surface area contributed by atoms with Gasteiger partial charge in [-0.05, 0) is 54.6 Å². The number of amides is 2. The highest BCUT2D eigenvalue weighted by Gasteiger charge is 2.15. The van der Waals surface area contributed by atoms with Crippen LogP contribution in [0.5, 0.6) is 5.75 Å². The van der Waals surface area contributed by atoms with Crippen LogP contribution in [0.1, 0.15) is 36.8 Å². The molecule has 0 aliphatic heterocycles. The molecule has 0 fully saturated rings. The van der Waals surface area contributed by atoms with Crippen molar-refractivity contribution in [2.24, 2.45) is 5.10 Å². The number of nitrogens with one attached hydrogen (secondary N) is 2. The van der Waals surface area contributed by atoms with E-state index < -0.39 is 17.8 Å². The van der Waals surface area contributed by atoms with Gasteiger partial charge >= 0.3 is 5.97 Å². The summed E-state index contributed by atoms with van der Waals surface area (Å²) < 4.78 is 11.3. The third kappa shape index (κ3) is 6.10. The monoisotopic (exact) mass is 531 g/mol. The van der Waals surface area contributed by atoms with Crippen LogP contribution >= 0.6 is 15.9 Å². The van der Waals surface area contributed by atoms with E-state index in [9.17, 15) is 14.4 Å². The number of hydrogen-bond acceptors (Lipinski definition) is 6. The Kier molecular flexibility index (Phi) is 7.49. The SMILES string of the molecule is O=C(Oc1ccc(Br)cc1/C=N\NC(=O)c1ccccc1NC(=O)c1ccco1)c1ccccc1. The molecule has 0 aliphatic rings. The number of hydrazone groups is 1. The van der Waals surface area contributed by atoms with Gasteiger partial charge in [0.1, 0.15) is 5.75 Å². The van der Waals surface area contributed by atoms with Crippen molar-refractivity contribution >= 4 is 45.6 Å². The number of carbonyl (C=O) groups excluding carboxylic acids is 3. The molecule has 9 heteroatoms. The second-order valence-corrected chi connectivity index (χ2v) is 8.03. The van der Waals surface area contributed by atoms with Gasteiger partial charge in [-0.2, -0.15) is 5.10 Å². The normalized spacial score (nSPS) is 10.7. The maximum Gasteiger partial charge on any atom is 0.343 e. The molecule has 4 rings (SSSR count). The molecule has 0 unspecified atom stereocenters. The number of furan rings is 1. The third-order valence-electron chi connectivity index (χ3n) is 4.72. The topological polar surface area (TPSA) is 110 Å². The molecule has 0 atom stereocenters. The first kappa shape index (κ1) is 23.7. The van der Waals surface area contributed by atoms with Crippen LogP contribution in [0.2, 0.25) is 0 Å². The van der Waals surface area contributed by atoms with E-state index in [1.165, 1.54) is 18.5 Å². The highest BCUT2D eigenvalue weighted by atomic mass is 79.9. The number of esters is 1. The molecule has 8 nitrogen and oxygen atoms in total. The Morgan fingerprint density at radius 3 is 2.43 bits per heavy atom. The Balaban J connectivity index is 1.47. The zero-order valence-corrected chi connectivity index (χ0v) is 19.7. The summed E-state index contributed by atoms with van der Waals surface area (Å²) in [5.41, 5.74) is 3.79. The van der Waals surface area contributed by atoms with Gasteiger partial charge in [0, 0.05) is 10.0 Å². The quantitative estimate of drug-likeness (QED) is 0.146. The van der Waals surface area contributed by atoms with Gasteiger partial charge in [-0.15, -0.1) is 0 Å². The van der Waals surface area contributed by atoms with Crippen LogP contribution < -0.4 is 15.5 Å². The van der Waals surface area contributed by atoms with Crippen molar-refractivity contribution in [2.75, 3.05) is 5.32 Å². The molecule has 2 amide bonds. The zero-order valence-electron chi connectivity index (χ0n) is 18.1. The summed E-state index contributed by atoms with van der Waals surface area (Å²) in [5.74, 6) is -1.17. The van der Waals surface area contributed by atoms with Crippen molar-refractivity contribution in [3.05, 3.63) is 118 Å². The van der Waals surface area contributed by atoms with Crippen LogP contribution in [0.25, 0.3) is 0 Å². The standard InChI is InChI=1S/C26H18BrN3O5/c27-19-12-13-22(35-26(33)17-7-2-1-3-8-17)18(15-19)16-28-30-24(31)20-9-4-5-10-21(20)29-25(32)23-11-6-14-34-23/h1-16H,(H,29,32)(H,30,31)/b28-16-. The van der Waals surface area contributed by atoms with Crippen LogP contribution in [0.4, 0.5) is 5.69 Å². The van der Waals surface area contributed by atoms with Gasteiger partial charge in [0.05, 0.1) is 29.3 Å². The third-order valence-corrected chi connectivity index (χ3v) is 5.21. The maximum absolute atomic E-state index is 12.7. The predicted molar refractivity (Wildman–Crippen MR) is 134 cm³/mol. The van der Waals surface area contributed by atoms with Crippen molar-refractivity contribution in [3.63, 3.8) is 0 Å². The average Bonchev–Trinajstić information content (AvgIpc) is 3.42. The van der Waals surface area contributed by atoms with E-state index in [4.69, 9.17) is 9.15 Å². The molecule has 0 spiro atoms. The lowest BCUT2D eigenvalue weighted by molar-refractivity contribution is 0.0733. The van der Waals surface area contributed by atoms with Crippen molar-refractivity contribution in [2.45, 2.75) is 0 Å². The van der Waals surface area contributed by atoms with Crippen LogP contribution in [0.3, 0.4) is 0 Å². The Labute approximate surface area is 208 Å². The minimum atomic E-state index is -0.547. The smallest absolute Gasteiger partial charge is 0.343 e. The Morgan fingerprint density at radius 2 is 1.66 bits per heavy atom. The van der Waals surface area contributed by atoms with E-state index in [1.54, 1.807) is 78.9 Å². The average molecular weight is 532 g/mol. The van der Waals surface area contributed by atoms with Crippen molar-refractivity contribution < 1.29 is 23.5 Å². The molecular formula is C26H18BrN3O5. The molecule has 1 aromatic heterocycles. The number of benzene rings is 3. The van der Waals surface area contributed by atoms with Gasteiger partial charge in [0.2, 0.25) is 0 Å². The van der Waals surface area contributed by atoms with Crippen molar-refractivity contribution in [3.8, 4) is 5.75 Å². The van der Waals surface area contributed by atoms with E-state index >= 15 is 0 Å². The summed E-state index contributed by atoms with van der Waals surface area (Å²) in [4.78, 5) is 37.5. The fourth-order valence-electron chi connectivity index (χ4n) is 3.05. The summed E-state index contributed by atoms with van der Waals surface area (Å²) >= 11 is 3.38. The lowest BCUT2D eigenvalue weighted by atomic mass is 10.1. The highest BCUT2D eigenvalue weighted by Crippen LogP contribution is 2.23. The zero-order chi connectivity index (χ0) is 24.6. The first-order chi connectivity index (χ1) is 17.0. The van der Waals surface area contributed by atoms with Crippen molar-refractivity contribution in [1.82, 2.24) is 5.43 Å². The summed E-state index contributed by atoms with van der Waals surface area (Å²) in [7, 11) is 0. The highest BCUT2D eigenvalue weighted by molar-refractivity contribution is 9.10. The van der Waals surface area contributed by atoms with E-state index in [1.807, 2.05) is 0 Å². The first-order valence-electron chi connectivity index (χ1n) is 10.4. The number of hydrogen-bond donors (Lipinski definition) is 2. The summed E-state index contributed by atoms with van der Waals surface area (Å²) in [6, 6.07) is 23.2. The molecule has 0 aliphatic carbocycles. The van der Waals surface area contributed by atoms with Gasteiger partial charge in [0.15, 0.2) is 5.76 Å². The predicted octanol–water partition coefficient (Wildman–Crippen LogP) is 5.28. The van der Waals surface area contributed by atoms with E-state index in [2.05, 4.69) is 31.8 Å². The molecule has 0 radical (unpaired) electrons. The molecule has 0 saturated carbocycles. The minimum Gasteiger partial charge on any atom is -0.459 e. The first-order valence-corrected chi connectivity index (χ1v) is 11.1. The number of anilines is 1. The molecule has 2 N–H and O–H groups in total. The minimum absolute atomic E-state index is 0.116. The summed E-state index contributed by atoms with van der Waals surface area (Å²) in [5, 5.41) is 6.65. The fourth-order valence-corrected chi connectivity index (χ4v) is 3.43. The largest absolute Gasteiger partial charge is 0.459 e. The number of halogens is 1. The number of para-hydroxylation sites is 1. The lowest BCUT2D eigenvalue weighted by Crippen LogP contribution is -2.21. The van der Waals surface area contributed by atoms with E-state index in [-0.39, 0.29) is 17.1 Å². The molecule has 1 heterocycles. The van der Waals surface area contributed by atoms with Crippen LogP contribution in [-0.2, 0) is 0 Å². The number of carbonyl (C=O) groups is 3. The number of rotatable bonds is 7. The molecule has 0 bridgehead atoms. The Bertz CT molecular complexity index is 1390. The van der Waals surface area contributed by atoms with E-state index in [0.717, 1.165) is 4.47 Å². The van der Waals surface area contributed by atoms with Gasteiger partial charge in [0.25, 0.3) is 11.8 Å². The van der Waals surface area contributed by atoms with Crippen molar-refractivity contribution in [1.29, 1.82) is 0 Å². The van der Waals surface area contributed by atoms with Crippen LogP contribution in [0, 0.1) is 0 Å². The van der Waals surface area contributed by atoms with Gasteiger partial charge in [-0.3, -0.25) is 9.59 Å². The second-order valence-electron chi connectivity index (χ2n) is 7.11. The number of ether oxygens (including phenoxy) is 1. The molecule has 0 saturated heterocycles. The molecule has 4 aromatic rings. The molecular weight excluding hydrogens is 514 g/mol. The van der Waals surface area contributed by atoms with Gasteiger partial charge < -0.3 is 14.5 Å². The van der Waals surface area contributed by atoms with Crippen LogP contribution in [-0.4, -0.2) is 24.0 Å². The van der Waals surface area contributed by atoms with E-state index in [0.29, 0.717) is 16.8 Å². The molecule has 35 heavy (non-hydrogen) atoms. The number of nitrogens with zero attached hydrogens (tertiary/aromatic N) is 1. The van der Waals surface area contributed by atoms with Crippen LogP contribution in [0.15, 0.2) is 105 Å². The fraction of sp³-hybridized carbons (Fsp3) is 0. The summed E-state index contributed by atoms with van der Waals surface area (Å²) in [6.07, 6.45) is 2.75. The second kappa shape index (κ2) is 11.1. The summed E-state index contributed by atoms with van der Waals surface area (Å²) in [6.45, 7) is 0. The maximum atomic E-state index is 12.7. The molecule has 174 valence electrons. The lowest BCUT2D eigenvalue weighted by Gasteiger charge is -2.09.